The van der Waals surface area contributed by atoms with Crippen molar-refractivity contribution >= 4 is 17.1 Å². The van der Waals surface area contributed by atoms with Gasteiger partial charge in [0.2, 0.25) is 0 Å². The van der Waals surface area contributed by atoms with Gasteiger partial charge >= 0.3 is 6.03 Å². The Bertz CT molecular complexity index is 1320. The second kappa shape index (κ2) is 11.6. The molecular formula is C29H32N4O4. The zero-order valence-corrected chi connectivity index (χ0v) is 20.8. The van der Waals surface area contributed by atoms with Crippen LogP contribution in [-0.2, 0) is 29.2 Å². The van der Waals surface area contributed by atoms with Crippen LogP contribution in [0.25, 0.3) is 11.0 Å². The van der Waals surface area contributed by atoms with Crippen molar-refractivity contribution in [2.75, 3.05) is 6.54 Å². The minimum atomic E-state index is -0.540. The number of nitrogens with one attached hydrogen (secondary N) is 2. The van der Waals surface area contributed by atoms with Gasteiger partial charge in [-0.1, -0.05) is 60.7 Å². The molecule has 0 radical (unpaired) electrons. The third kappa shape index (κ3) is 5.99. The summed E-state index contributed by atoms with van der Waals surface area (Å²) in [6.45, 7) is 3.57. The van der Waals surface area contributed by atoms with Crippen LogP contribution in [0.15, 0.2) is 79.1 Å². The fourth-order valence-corrected chi connectivity index (χ4v) is 4.61. The monoisotopic (exact) mass is 500 g/mol. The molecule has 1 aliphatic heterocycles. The second-order valence-corrected chi connectivity index (χ2v) is 9.19. The highest BCUT2D eigenvalue weighted by Gasteiger charge is 2.32. The first-order valence-electron chi connectivity index (χ1n) is 12.6. The number of carbonyl (C=O) groups is 1. The summed E-state index contributed by atoms with van der Waals surface area (Å²) in [7, 11) is 0. The number of hydrogen-bond donors (Lipinski definition) is 3. The number of benzene rings is 3. The molecule has 192 valence electrons. The number of aliphatic hydroxyl groups excluding tert-OH is 1. The third-order valence-corrected chi connectivity index (χ3v) is 6.58. The van der Waals surface area contributed by atoms with Gasteiger partial charge in [0.05, 0.1) is 42.7 Å². The molecule has 2 heterocycles. The van der Waals surface area contributed by atoms with Crippen LogP contribution < -0.4 is 10.6 Å². The van der Waals surface area contributed by atoms with E-state index in [1.807, 2.05) is 80.0 Å². The van der Waals surface area contributed by atoms with Crippen LogP contribution in [0.3, 0.4) is 0 Å². The third-order valence-electron chi connectivity index (χ3n) is 6.58. The largest absolute Gasteiger partial charge is 0.392 e. The first-order chi connectivity index (χ1) is 18.1. The molecule has 1 fully saturated rings. The molecule has 0 spiro atoms. The summed E-state index contributed by atoms with van der Waals surface area (Å²) in [4.78, 5) is 16.2. The lowest BCUT2D eigenvalue weighted by atomic mass is 10.00. The molecule has 5 rings (SSSR count). The normalized spacial score (nSPS) is 19.6. The van der Waals surface area contributed by atoms with Gasteiger partial charge in [-0.05, 0) is 35.7 Å². The lowest BCUT2D eigenvalue weighted by Gasteiger charge is -2.36. The van der Waals surface area contributed by atoms with Gasteiger partial charge < -0.3 is 29.8 Å². The number of imidazole rings is 1. The van der Waals surface area contributed by atoms with E-state index in [0.29, 0.717) is 26.1 Å². The van der Waals surface area contributed by atoms with E-state index < -0.39 is 6.29 Å². The number of para-hydroxylation sites is 2. The molecule has 2 amide bonds. The number of urea groups is 1. The summed E-state index contributed by atoms with van der Waals surface area (Å²) < 4.78 is 15.0. The van der Waals surface area contributed by atoms with Crippen molar-refractivity contribution in [3.05, 3.63) is 101 Å². The van der Waals surface area contributed by atoms with Gasteiger partial charge in [-0.3, -0.25) is 0 Å². The summed E-state index contributed by atoms with van der Waals surface area (Å²) in [6.07, 6.45) is 1.75. The number of aliphatic hydroxyl groups is 1. The van der Waals surface area contributed by atoms with Crippen LogP contribution in [0, 0.1) is 0 Å². The highest BCUT2D eigenvalue weighted by molar-refractivity contribution is 5.75. The van der Waals surface area contributed by atoms with Gasteiger partial charge in [0.1, 0.15) is 0 Å². The molecule has 8 heteroatoms. The molecule has 0 saturated carbocycles. The maximum atomic E-state index is 11.7. The van der Waals surface area contributed by atoms with Crippen molar-refractivity contribution in [3.8, 4) is 0 Å². The van der Waals surface area contributed by atoms with Gasteiger partial charge in [0.15, 0.2) is 6.29 Å². The lowest BCUT2D eigenvalue weighted by molar-refractivity contribution is -0.252. The minimum absolute atomic E-state index is 0.00911. The smallest absolute Gasteiger partial charge is 0.315 e. The Hall–Kier alpha value is -3.72. The van der Waals surface area contributed by atoms with E-state index in [-0.39, 0.29) is 24.8 Å². The first kappa shape index (κ1) is 25.0. The molecule has 0 bridgehead atoms. The highest BCUT2D eigenvalue weighted by atomic mass is 16.7. The molecule has 37 heavy (non-hydrogen) atoms. The fourth-order valence-electron chi connectivity index (χ4n) is 4.61. The average Bonchev–Trinajstić information content (AvgIpc) is 3.35. The Kier molecular flexibility index (Phi) is 7.79. The Morgan fingerprint density at radius 1 is 0.973 bits per heavy atom. The van der Waals surface area contributed by atoms with Crippen LogP contribution in [0.2, 0.25) is 0 Å². The Labute approximate surface area is 216 Å². The molecule has 3 aromatic carbocycles. The molecule has 1 saturated heterocycles. The quantitative estimate of drug-likeness (QED) is 0.329. The van der Waals surface area contributed by atoms with Gasteiger partial charge in [-0.15, -0.1) is 0 Å². The maximum Gasteiger partial charge on any atom is 0.315 e. The zero-order valence-electron chi connectivity index (χ0n) is 20.8. The van der Waals surface area contributed by atoms with Gasteiger partial charge in [0.25, 0.3) is 0 Å². The SMILES string of the molecule is CCNC(=O)NCc1ccc([C@@H]2O[C@H](Cn3cnc4ccccc43)C[C@H](c3ccc(CO)cc3)O2)cc1. The zero-order chi connectivity index (χ0) is 25.6. The molecule has 8 nitrogen and oxygen atoms in total. The van der Waals surface area contributed by atoms with Crippen LogP contribution in [0.1, 0.15) is 48.0 Å². The van der Waals surface area contributed by atoms with E-state index in [1.165, 1.54) is 0 Å². The molecule has 0 aliphatic carbocycles. The van der Waals surface area contributed by atoms with E-state index in [4.69, 9.17) is 9.47 Å². The first-order valence-corrected chi connectivity index (χ1v) is 12.6. The van der Waals surface area contributed by atoms with E-state index in [1.54, 1.807) is 0 Å². The predicted octanol–water partition coefficient (Wildman–Crippen LogP) is 4.59. The van der Waals surface area contributed by atoms with Crippen LogP contribution in [0.4, 0.5) is 4.79 Å². The van der Waals surface area contributed by atoms with Crippen molar-refractivity contribution in [1.82, 2.24) is 20.2 Å². The van der Waals surface area contributed by atoms with Crippen molar-refractivity contribution in [1.29, 1.82) is 0 Å². The van der Waals surface area contributed by atoms with Crippen molar-refractivity contribution in [3.63, 3.8) is 0 Å². The predicted molar refractivity (Wildman–Crippen MR) is 141 cm³/mol. The minimum Gasteiger partial charge on any atom is -0.392 e. The molecule has 3 atom stereocenters. The second-order valence-electron chi connectivity index (χ2n) is 9.19. The Balaban J connectivity index is 1.35. The number of rotatable bonds is 8. The number of fused-ring (bicyclic) bond motifs is 1. The van der Waals surface area contributed by atoms with Crippen LogP contribution in [-0.4, -0.2) is 33.3 Å². The van der Waals surface area contributed by atoms with Crippen LogP contribution in [0.5, 0.6) is 0 Å². The average molecular weight is 501 g/mol. The van der Waals surface area contributed by atoms with Gasteiger partial charge in [0, 0.05) is 25.1 Å². The molecular weight excluding hydrogens is 468 g/mol. The molecule has 0 unspecified atom stereocenters. The molecule has 3 N–H and O–H groups in total. The molecule has 1 aliphatic rings. The standard InChI is InChI=1S/C29H32N4O4/c1-2-30-29(35)31-16-20-7-13-23(14-8-20)28-36-24(17-33-19-32-25-5-3-4-6-26(25)33)15-27(37-28)22-11-9-21(18-34)10-12-22/h3-14,19,24,27-28,34H,2,15-18H2,1H3,(H2,30,31,35)/t24-,27+,28+/m0/s1. The van der Waals surface area contributed by atoms with E-state index >= 15 is 0 Å². The van der Waals surface area contributed by atoms with Gasteiger partial charge in [-0.2, -0.15) is 0 Å². The number of ether oxygens (including phenoxy) is 2. The lowest BCUT2D eigenvalue weighted by Crippen LogP contribution is -2.34. The summed E-state index contributed by atoms with van der Waals surface area (Å²) in [5, 5.41) is 15.0. The summed E-state index contributed by atoms with van der Waals surface area (Å²) >= 11 is 0. The number of hydrogen-bond acceptors (Lipinski definition) is 5. The topological polar surface area (TPSA) is 97.6 Å². The van der Waals surface area contributed by atoms with Crippen molar-refractivity contribution < 1.29 is 19.4 Å². The number of nitrogens with zero attached hydrogens (tertiary/aromatic N) is 2. The van der Waals surface area contributed by atoms with Crippen molar-refractivity contribution in [2.24, 2.45) is 0 Å². The number of amides is 2. The van der Waals surface area contributed by atoms with Crippen molar-refractivity contribution in [2.45, 2.75) is 51.5 Å². The summed E-state index contributed by atoms with van der Waals surface area (Å²) in [5.41, 5.74) is 5.85. The summed E-state index contributed by atoms with van der Waals surface area (Å²) in [5.74, 6) is 0. The highest BCUT2D eigenvalue weighted by Crippen LogP contribution is 2.38. The Morgan fingerprint density at radius 3 is 2.46 bits per heavy atom. The number of carbonyl (C=O) groups excluding carboxylic acids is 1. The maximum absolute atomic E-state index is 11.7. The van der Waals surface area contributed by atoms with Crippen LogP contribution >= 0.6 is 0 Å². The fraction of sp³-hybridized carbons (Fsp3) is 0.310. The van der Waals surface area contributed by atoms with E-state index in [9.17, 15) is 9.90 Å². The Morgan fingerprint density at radius 2 is 1.70 bits per heavy atom. The molecule has 4 aromatic rings. The van der Waals surface area contributed by atoms with E-state index in [2.05, 4.69) is 26.3 Å². The van der Waals surface area contributed by atoms with Gasteiger partial charge in [-0.25, -0.2) is 9.78 Å². The summed E-state index contributed by atoms with van der Waals surface area (Å²) in [6, 6.07) is 23.7. The van der Waals surface area contributed by atoms with E-state index in [0.717, 1.165) is 33.3 Å². The number of aromatic nitrogens is 2. The molecule has 1 aromatic heterocycles.